The Balaban J connectivity index is 1.44. The zero-order valence-electron chi connectivity index (χ0n) is 15.0. The maximum absolute atomic E-state index is 6.13. The minimum atomic E-state index is 0.421. The number of piperidine rings is 1. The molecule has 3 aliphatic rings. The van der Waals surface area contributed by atoms with E-state index in [2.05, 4.69) is 60.8 Å². The summed E-state index contributed by atoms with van der Waals surface area (Å²) in [6.45, 7) is 4.19. The third kappa shape index (κ3) is 2.27. The molecule has 1 heterocycles. The fraction of sp³-hybridized carbons (Fsp3) is 0.478. The lowest BCUT2D eigenvalue weighted by atomic mass is 9.44. The maximum atomic E-state index is 6.13. The van der Waals surface area contributed by atoms with Gasteiger partial charge < -0.3 is 10.1 Å². The van der Waals surface area contributed by atoms with E-state index in [1.54, 1.807) is 11.1 Å². The first-order valence-electron chi connectivity index (χ1n) is 9.83. The van der Waals surface area contributed by atoms with Crippen LogP contribution in [0.3, 0.4) is 0 Å². The van der Waals surface area contributed by atoms with Crippen LogP contribution in [0.4, 0.5) is 0 Å². The molecule has 2 aromatic rings. The van der Waals surface area contributed by atoms with Gasteiger partial charge in [0.05, 0.1) is 0 Å². The second kappa shape index (κ2) is 5.88. The summed E-state index contributed by atoms with van der Waals surface area (Å²) in [6.07, 6.45) is 5.52. The molecule has 5 rings (SSSR count). The highest BCUT2D eigenvalue weighted by Gasteiger charge is 2.59. The van der Waals surface area contributed by atoms with Gasteiger partial charge in [0.2, 0.25) is 0 Å². The van der Waals surface area contributed by atoms with Crippen LogP contribution in [-0.2, 0) is 12.0 Å². The monoisotopic (exact) mass is 333 g/mol. The largest absolute Gasteiger partial charge is 0.489 e. The quantitative estimate of drug-likeness (QED) is 0.872. The van der Waals surface area contributed by atoms with Crippen LogP contribution < -0.4 is 10.1 Å². The van der Waals surface area contributed by atoms with Gasteiger partial charge in [0.25, 0.3) is 0 Å². The van der Waals surface area contributed by atoms with Crippen LogP contribution in [-0.4, -0.2) is 12.6 Å². The normalized spacial score (nSPS) is 32.8. The van der Waals surface area contributed by atoms with Gasteiger partial charge in [-0.15, -0.1) is 0 Å². The Morgan fingerprint density at radius 2 is 2.00 bits per heavy atom. The molecule has 0 bridgehead atoms. The smallest absolute Gasteiger partial charge is 0.120 e. The zero-order valence-corrected chi connectivity index (χ0v) is 15.0. The molecule has 0 radical (unpaired) electrons. The first kappa shape index (κ1) is 15.5. The van der Waals surface area contributed by atoms with Crippen molar-refractivity contribution < 1.29 is 4.74 Å². The van der Waals surface area contributed by atoms with Gasteiger partial charge in [0.1, 0.15) is 12.4 Å². The van der Waals surface area contributed by atoms with E-state index in [-0.39, 0.29) is 0 Å². The van der Waals surface area contributed by atoms with Crippen LogP contribution in [0, 0.1) is 5.92 Å². The summed E-state index contributed by atoms with van der Waals surface area (Å²) in [6, 6.07) is 18.0. The second-order valence-corrected chi connectivity index (χ2v) is 8.17. The van der Waals surface area contributed by atoms with E-state index in [0.29, 0.717) is 24.0 Å². The predicted molar refractivity (Wildman–Crippen MR) is 101 cm³/mol. The Morgan fingerprint density at radius 1 is 1.12 bits per heavy atom. The number of hydrogen-bond acceptors (Lipinski definition) is 2. The van der Waals surface area contributed by atoms with E-state index >= 15 is 0 Å². The molecule has 1 N–H and O–H groups in total. The predicted octanol–water partition coefficient (Wildman–Crippen LogP) is 4.78. The molecular formula is C23H27NO. The van der Waals surface area contributed by atoms with Gasteiger partial charge in [-0.2, -0.15) is 0 Å². The third-order valence-corrected chi connectivity index (χ3v) is 7.04. The van der Waals surface area contributed by atoms with Gasteiger partial charge >= 0.3 is 0 Å². The van der Waals surface area contributed by atoms with Crippen LogP contribution >= 0.6 is 0 Å². The summed E-state index contributed by atoms with van der Waals surface area (Å²) in [5, 5.41) is 3.78. The standard InChI is InChI=1S/C23H27NO/c1-16-20-9-5-6-12-23(20)21-13-18(10-11-19(21)22(23)14-24-16)25-15-17-7-3-2-4-8-17/h2-4,7-8,10-11,13,16,20,22,24H,5-6,9,12,14-15H2,1H3. The number of ether oxygens (including phenoxy) is 1. The molecule has 130 valence electrons. The minimum Gasteiger partial charge on any atom is -0.489 e. The van der Waals surface area contributed by atoms with E-state index < -0.39 is 0 Å². The molecule has 2 nitrogen and oxygen atoms in total. The van der Waals surface area contributed by atoms with Gasteiger partial charge in [-0.3, -0.25) is 0 Å². The van der Waals surface area contributed by atoms with Crippen molar-refractivity contribution in [1.29, 1.82) is 0 Å². The Kier molecular flexibility index (Phi) is 3.63. The molecule has 0 amide bonds. The van der Waals surface area contributed by atoms with Gasteiger partial charge in [-0.25, -0.2) is 0 Å². The number of rotatable bonds is 3. The van der Waals surface area contributed by atoms with Gasteiger partial charge in [0.15, 0.2) is 0 Å². The molecule has 1 aliphatic heterocycles. The van der Waals surface area contributed by atoms with Gasteiger partial charge in [-0.1, -0.05) is 49.2 Å². The van der Waals surface area contributed by atoms with Crippen molar-refractivity contribution in [2.24, 2.45) is 5.92 Å². The van der Waals surface area contributed by atoms with E-state index in [0.717, 1.165) is 18.2 Å². The van der Waals surface area contributed by atoms with E-state index in [4.69, 9.17) is 4.74 Å². The average Bonchev–Trinajstić information content (AvgIpc) is 2.67. The van der Waals surface area contributed by atoms with Crippen LogP contribution in [0.5, 0.6) is 5.75 Å². The highest BCUT2D eigenvalue weighted by atomic mass is 16.5. The highest BCUT2D eigenvalue weighted by Crippen LogP contribution is 2.63. The third-order valence-electron chi connectivity index (χ3n) is 7.04. The van der Waals surface area contributed by atoms with Crippen LogP contribution in [0.2, 0.25) is 0 Å². The molecule has 2 heteroatoms. The van der Waals surface area contributed by atoms with Crippen molar-refractivity contribution in [1.82, 2.24) is 5.32 Å². The summed E-state index contributed by atoms with van der Waals surface area (Å²) in [5.41, 5.74) is 4.82. The summed E-state index contributed by atoms with van der Waals surface area (Å²) < 4.78 is 6.13. The molecule has 1 saturated heterocycles. The van der Waals surface area contributed by atoms with Crippen molar-refractivity contribution >= 4 is 0 Å². The maximum Gasteiger partial charge on any atom is 0.120 e. The second-order valence-electron chi connectivity index (χ2n) is 8.17. The minimum absolute atomic E-state index is 0.421. The van der Waals surface area contributed by atoms with Gasteiger partial charge in [-0.05, 0) is 54.5 Å². The Hall–Kier alpha value is -1.80. The van der Waals surface area contributed by atoms with Crippen molar-refractivity contribution in [3.05, 3.63) is 65.2 Å². The van der Waals surface area contributed by atoms with Crippen molar-refractivity contribution in [2.45, 2.75) is 56.6 Å². The summed E-state index contributed by atoms with van der Waals surface area (Å²) in [5.74, 6) is 2.54. The molecule has 2 aromatic carbocycles. The lowest BCUT2D eigenvalue weighted by molar-refractivity contribution is 0.0511. The number of fused-ring (bicyclic) bond motifs is 2. The van der Waals surface area contributed by atoms with Gasteiger partial charge in [0, 0.05) is 23.9 Å². The Bertz CT molecular complexity index is 771. The number of hydrogen-bond donors (Lipinski definition) is 1. The number of nitrogens with one attached hydrogen (secondary N) is 1. The molecule has 2 aliphatic carbocycles. The fourth-order valence-electron chi connectivity index (χ4n) is 5.89. The summed E-state index contributed by atoms with van der Waals surface area (Å²) in [7, 11) is 0. The van der Waals surface area contributed by atoms with Crippen molar-refractivity contribution in [2.75, 3.05) is 6.54 Å². The van der Waals surface area contributed by atoms with Crippen LogP contribution in [0.25, 0.3) is 0 Å². The number of benzene rings is 2. The van der Waals surface area contributed by atoms with E-state index in [1.165, 1.54) is 31.2 Å². The molecular weight excluding hydrogens is 306 g/mol. The Morgan fingerprint density at radius 3 is 2.88 bits per heavy atom. The van der Waals surface area contributed by atoms with E-state index in [1.807, 2.05) is 0 Å². The summed E-state index contributed by atoms with van der Waals surface area (Å²) in [4.78, 5) is 0. The first-order valence-corrected chi connectivity index (χ1v) is 9.83. The molecule has 0 aromatic heterocycles. The fourth-order valence-corrected chi connectivity index (χ4v) is 5.89. The Labute approximate surface area is 150 Å². The molecule has 25 heavy (non-hydrogen) atoms. The lowest BCUT2D eigenvalue weighted by Gasteiger charge is -2.62. The first-order chi connectivity index (χ1) is 12.3. The van der Waals surface area contributed by atoms with Crippen molar-refractivity contribution in [3.8, 4) is 5.75 Å². The molecule has 1 spiro atoms. The average molecular weight is 333 g/mol. The molecule has 1 saturated carbocycles. The van der Waals surface area contributed by atoms with E-state index in [9.17, 15) is 0 Å². The SMILES string of the molecule is CC1NCC2c3ccc(OCc4ccccc4)cc3C23CCCCC13. The molecule has 4 atom stereocenters. The topological polar surface area (TPSA) is 21.3 Å². The van der Waals surface area contributed by atoms with Crippen molar-refractivity contribution in [3.63, 3.8) is 0 Å². The lowest BCUT2D eigenvalue weighted by Crippen LogP contribution is -2.63. The highest BCUT2D eigenvalue weighted by molar-refractivity contribution is 5.55. The summed E-state index contributed by atoms with van der Waals surface area (Å²) >= 11 is 0. The van der Waals surface area contributed by atoms with Crippen LogP contribution in [0.1, 0.15) is 55.2 Å². The zero-order chi connectivity index (χ0) is 16.9. The van der Waals surface area contributed by atoms with Crippen LogP contribution in [0.15, 0.2) is 48.5 Å². The molecule has 2 fully saturated rings. The molecule has 4 unspecified atom stereocenters.